The Labute approximate surface area is 362 Å². The minimum atomic E-state index is -0.719. The maximum atomic E-state index is 13.8. The fraction of sp³-hybridized carbons (Fsp3) is 0.458. The van der Waals surface area contributed by atoms with Crippen molar-refractivity contribution >= 4 is 24.0 Å². The lowest BCUT2D eigenvalue weighted by Crippen LogP contribution is -2.51. The molecule has 2 aliphatic carbocycles. The van der Waals surface area contributed by atoms with E-state index < -0.39 is 24.3 Å². The third-order valence-corrected chi connectivity index (χ3v) is 12.5. The molecule has 0 spiro atoms. The second-order valence-electron chi connectivity index (χ2n) is 17.6. The van der Waals surface area contributed by atoms with Gasteiger partial charge in [0.1, 0.15) is 48.0 Å². The van der Waals surface area contributed by atoms with E-state index in [1.165, 1.54) is 0 Å². The van der Waals surface area contributed by atoms with E-state index in [0.29, 0.717) is 24.7 Å². The number of rotatable bonds is 13. The zero-order valence-electron chi connectivity index (χ0n) is 36.0. The van der Waals surface area contributed by atoms with Gasteiger partial charge in [-0.15, -0.1) is 0 Å². The quantitative estimate of drug-likeness (QED) is 0.0971. The van der Waals surface area contributed by atoms with Gasteiger partial charge >= 0.3 is 12.2 Å². The number of imidazole rings is 2. The van der Waals surface area contributed by atoms with E-state index in [2.05, 4.69) is 49.9 Å². The predicted molar refractivity (Wildman–Crippen MR) is 235 cm³/mol. The fourth-order valence-corrected chi connectivity index (χ4v) is 8.94. The largest absolute Gasteiger partial charge is 0.446 e. The van der Waals surface area contributed by atoms with Crippen molar-refractivity contribution < 1.29 is 28.7 Å². The minimum absolute atomic E-state index is 0.0832. The number of alkyl carbamates (subject to hydrolysis) is 2. The lowest BCUT2D eigenvalue weighted by Gasteiger charge is -2.30. The Balaban J connectivity index is 0.882. The van der Waals surface area contributed by atoms with Crippen LogP contribution in [0.2, 0.25) is 0 Å². The number of hydrogen-bond acceptors (Lipinski definition) is 8. The van der Waals surface area contributed by atoms with Gasteiger partial charge in [-0.25, -0.2) is 19.6 Å². The maximum Gasteiger partial charge on any atom is 0.408 e. The standard InChI is InChI=1S/C48H58N8O6/c1-29(2)41(53-47(59)61-35-11-5-6-12-35)45(57)55-25-9-15-39(55)43-49-27-37(51-43)33-21-17-31(18-22-33)32-19-23-34(24-20-32)38-28-50-44(52-38)40-16-10-26-56(40)46(58)42(30(3)4)54-48(60)62-36-13-7-8-14-36/h9-10,15-24,27-30,35-36,39-42H,5-8,11-14,25-26H2,1-4H3,(H,49,51)(H,50,52)(H,53,59)(H,54,60)/t39-,40-,41-,42-/m0/s1. The summed E-state index contributed by atoms with van der Waals surface area (Å²) in [6.07, 6.45) is 17.9. The van der Waals surface area contributed by atoms with Gasteiger partial charge in [-0.1, -0.05) is 101 Å². The number of hydrogen-bond donors (Lipinski definition) is 4. The van der Waals surface area contributed by atoms with Crippen molar-refractivity contribution in [3.63, 3.8) is 0 Å². The van der Waals surface area contributed by atoms with E-state index in [-0.39, 0.29) is 47.9 Å². The summed E-state index contributed by atoms with van der Waals surface area (Å²) < 4.78 is 11.2. The fourth-order valence-electron chi connectivity index (χ4n) is 8.94. The average Bonchev–Trinajstić information content (AvgIpc) is 4.12. The lowest BCUT2D eigenvalue weighted by molar-refractivity contribution is -0.135. The molecule has 14 nitrogen and oxygen atoms in total. The number of carbonyl (C=O) groups excluding carboxylic acids is 4. The van der Waals surface area contributed by atoms with Crippen molar-refractivity contribution in [2.75, 3.05) is 13.1 Å². The van der Waals surface area contributed by atoms with Crippen molar-refractivity contribution in [1.29, 1.82) is 0 Å². The molecule has 4 N–H and O–H groups in total. The van der Waals surface area contributed by atoms with Crippen LogP contribution >= 0.6 is 0 Å². The molecule has 4 amide bonds. The Kier molecular flexibility index (Phi) is 12.9. The molecule has 8 rings (SSSR count). The molecule has 0 saturated heterocycles. The van der Waals surface area contributed by atoms with Crippen LogP contribution in [0, 0.1) is 11.8 Å². The molecule has 0 unspecified atom stereocenters. The number of ether oxygens (including phenoxy) is 2. The number of aromatic amines is 2. The summed E-state index contributed by atoms with van der Waals surface area (Å²) >= 11 is 0. The highest BCUT2D eigenvalue weighted by Crippen LogP contribution is 2.32. The summed E-state index contributed by atoms with van der Waals surface area (Å²) in [5.41, 5.74) is 5.57. The molecule has 14 heteroatoms. The van der Waals surface area contributed by atoms with Gasteiger partial charge in [0.25, 0.3) is 0 Å². The molecule has 326 valence electrons. The molecule has 2 fully saturated rings. The van der Waals surface area contributed by atoms with Crippen LogP contribution in [0.3, 0.4) is 0 Å². The number of nitrogens with one attached hydrogen (secondary N) is 4. The first kappa shape index (κ1) is 42.5. The zero-order chi connectivity index (χ0) is 43.3. The molecule has 2 aliphatic heterocycles. The van der Waals surface area contributed by atoms with Crippen LogP contribution in [-0.2, 0) is 19.1 Å². The normalized spacial score (nSPS) is 20.0. The predicted octanol–water partition coefficient (Wildman–Crippen LogP) is 8.40. The Morgan fingerprint density at radius 2 is 1.10 bits per heavy atom. The lowest BCUT2D eigenvalue weighted by atomic mass is 10.0. The van der Waals surface area contributed by atoms with E-state index in [9.17, 15) is 19.2 Å². The smallest absolute Gasteiger partial charge is 0.408 e. The third-order valence-electron chi connectivity index (χ3n) is 12.5. The van der Waals surface area contributed by atoms with Gasteiger partial charge in [-0.3, -0.25) is 9.59 Å². The molecule has 4 atom stereocenters. The Hall–Kier alpha value is -6.18. The summed E-state index contributed by atoms with van der Waals surface area (Å²) in [7, 11) is 0. The highest BCUT2D eigenvalue weighted by Gasteiger charge is 2.37. The molecule has 62 heavy (non-hydrogen) atoms. The highest BCUT2D eigenvalue weighted by molar-refractivity contribution is 5.88. The van der Waals surface area contributed by atoms with Crippen LogP contribution in [-0.4, -0.2) is 91.1 Å². The van der Waals surface area contributed by atoms with Crippen LogP contribution in [0.1, 0.15) is 103 Å². The van der Waals surface area contributed by atoms with E-state index in [4.69, 9.17) is 14.5 Å². The van der Waals surface area contributed by atoms with E-state index in [0.717, 1.165) is 85.0 Å². The zero-order valence-corrected chi connectivity index (χ0v) is 36.0. The van der Waals surface area contributed by atoms with Crippen LogP contribution in [0.25, 0.3) is 33.6 Å². The number of carbonyl (C=O) groups is 4. The van der Waals surface area contributed by atoms with Gasteiger partial charge in [0.05, 0.1) is 17.6 Å². The number of amides is 4. The second-order valence-corrected chi connectivity index (χ2v) is 17.6. The topological polar surface area (TPSA) is 175 Å². The van der Waals surface area contributed by atoms with Crippen LogP contribution in [0.5, 0.6) is 0 Å². The van der Waals surface area contributed by atoms with Crippen molar-refractivity contribution in [2.24, 2.45) is 11.8 Å². The Bertz CT molecular complexity index is 2110. The molecule has 4 aromatic rings. The van der Waals surface area contributed by atoms with Crippen LogP contribution in [0.4, 0.5) is 9.59 Å². The molecule has 2 saturated carbocycles. The molecule has 2 aromatic carbocycles. The highest BCUT2D eigenvalue weighted by atomic mass is 16.6. The first-order chi connectivity index (χ1) is 30.0. The summed E-state index contributed by atoms with van der Waals surface area (Å²) in [5.74, 6) is 0.696. The molecular weight excluding hydrogens is 785 g/mol. The van der Waals surface area contributed by atoms with Gasteiger partial charge in [-0.05, 0) is 79.9 Å². The van der Waals surface area contributed by atoms with Gasteiger partial charge in [0.2, 0.25) is 11.8 Å². The molecule has 2 aromatic heterocycles. The minimum Gasteiger partial charge on any atom is -0.446 e. The first-order valence-corrected chi connectivity index (χ1v) is 22.2. The van der Waals surface area contributed by atoms with Crippen molar-refractivity contribution in [3.8, 4) is 33.6 Å². The van der Waals surface area contributed by atoms with Gasteiger partial charge in [-0.2, -0.15) is 0 Å². The monoisotopic (exact) mass is 842 g/mol. The Morgan fingerprint density at radius 3 is 1.58 bits per heavy atom. The van der Waals surface area contributed by atoms with E-state index in [1.54, 1.807) is 16.0 Å². The molecule has 0 bridgehead atoms. The first-order valence-electron chi connectivity index (χ1n) is 22.2. The molecule has 0 radical (unpaired) electrons. The average molecular weight is 843 g/mol. The van der Waals surface area contributed by atoms with Gasteiger partial charge in [0, 0.05) is 24.8 Å². The van der Waals surface area contributed by atoms with Gasteiger partial charge < -0.3 is 39.9 Å². The van der Waals surface area contributed by atoms with Crippen molar-refractivity contribution in [1.82, 2.24) is 40.4 Å². The Morgan fingerprint density at radius 1 is 0.645 bits per heavy atom. The summed E-state index contributed by atoms with van der Waals surface area (Å²) in [6, 6.07) is 14.2. The maximum absolute atomic E-state index is 13.8. The number of benzene rings is 2. The molecular formula is C48H58N8O6. The summed E-state index contributed by atoms with van der Waals surface area (Å²) in [5, 5.41) is 5.69. The third kappa shape index (κ3) is 9.49. The number of aromatic nitrogens is 4. The van der Waals surface area contributed by atoms with Crippen LogP contribution < -0.4 is 10.6 Å². The van der Waals surface area contributed by atoms with E-state index >= 15 is 0 Å². The summed E-state index contributed by atoms with van der Waals surface area (Å²) in [4.78, 5) is 72.9. The van der Waals surface area contributed by atoms with Crippen molar-refractivity contribution in [3.05, 3.63) is 96.9 Å². The second kappa shape index (κ2) is 18.8. The SMILES string of the molecule is CC(C)[C@H](NC(=O)OC1CCCC1)C(=O)N1CC=C[C@H]1c1nc(-c2ccc(-c3ccc(-c4cnc([C@@H]5C=CCN5C(=O)[C@@H](NC(=O)OC5CCCC5)C(C)C)[nH]4)cc3)cc2)c[nH]1. The number of nitrogens with zero attached hydrogens (tertiary/aromatic N) is 4. The van der Waals surface area contributed by atoms with Crippen molar-refractivity contribution in [2.45, 2.75) is 115 Å². The van der Waals surface area contributed by atoms with Gasteiger partial charge in [0.15, 0.2) is 0 Å². The summed E-state index contributed by atoms with van der Waals surface area (Å²) in [6.45, 7) is 8.53. The van der Waals surface area contributed by atoms with Crippen LogP contribution in [0.15, 0.2) is 85.2 Å². The number of H-pyrrole nitrogens is 2. The molecule has 4 heterocycles. The molecule has 4 aliphatic rings. The van der Waals surface area contributed by atoms with E-state index in [1.807, 2.05) is 82.5 Å².